The maximum Gasteiger partial charge on any atom is 0.264 e. The molecule has 0 unspecified atom stereocenters. The van der Waals surface area contributed by atoms with Gasteiger partial charge in [0.1, 0.15) is 11.2 Å². The lowest BCUT2D eigenvalue weighted by molar-refractivity contribution is 0.00642. The average Bonchev–Trinajstić information content (AvgIpc) is 3.30. The van der Waals surface area contributed by atoms with Crippen LogP contribution in [-0.4, -0.2) is 48.3 Å². The molecule has 0 aliphatic carbocycles. The molecule has 0 radical (unpaired) electrons. The summed E-state index contributed by atoms with van der Waals surface area (Å²) < 4.78 is 3.63. The number of nitrogens with one attached hydrogen (secondary N) is 1. The van der Waals surface area contributed by atoms with E-state index >= 15 is 0 Å². The lowest BCUT2D eigenvalue weighted by Gasteiger charge is -2.38. The molecule has 1 aliphatic heterocycles. The topological polar surface area (TPSA) is 118 Å². The number of hydrogen-bond acceptors (Lipinski definition) is 6. The van der Waals surface area contributed by atoms with Crippen LogP contribution in [-0.2, 0) is 7.05 Å². The highest BCUT2D eigenvalue weighted by molar-refractivity contribution is 5.97. The standard InChI is InChI=1S/C23H35N7O2/c1-13(2)14(3)30-12-16(20-19(22(30)31)21(24)26-25-20)17-11-18(28(6)27-17)29-9-7-15(8-10-29)23(4,5)32/h11-15,32H,7-10H2,1-6H3,(H3,24,25,26)/t14-/m0/s1. The van der Waals surface area contributed by atoms with Gasteiger partial charge in [-0.3, -0.25) is 14.6 Å². The Bertz CT molecular complexity index is 1170. The van der Waals surface area contributed by atoms with Gasteiger partial charge in [-0.25, -0.2) is 0 Å². The van der Waals surface area contributed by atoms with Crippen molar-refractivity contribution < 1.29 is 5.11 Å². The van der Waals surface area contributed by atoms with Gasteiger partial charge in [0, 0.05) is 44.0 Å². The van der Waals surface area contributed by atoms with Crippen molar-refractivity contribution in [2.24, 2.45) is 18.9 Å². The number of rotatable bonds is 5. The minimum atomic E-state index is -0.656. The predicted octanol–water partition coefficient (Wildman–Crippen LogP) is 2.91. The van der Waals surface area contributed by atoms with Crippen LogP contribution in [0, 0.1) is 11.8 Å². The molecule has 4 heterocycles. The molecular weight excluding hydrogens is 406 g/mol. The first-order valence-electron chi connectivity index (χ1n) is 11.4. The van der Waals surface area contributed by atoms with Crippen molar-refractivity contribution in [3.63, 3.8) is 0 Å². The molecule has 4 N–H and O–H groups in total. The van der Waals surface area contributed by atoms with Crippen LogP contribution in [0.25, 0.3) is 22.2 Å². The Morgan fingerprint density at radius 3 is 2.50 bits per heavy atom. The second kappa shape index (κ2) is 7.95. The summed E-state index contributed by atoms with van der Waals surface area (Å²) in [6.07, 6.45) is 3.74. The Morgan fingerprint density at radius 1 is 1.25 bits per heavy atom. The summed E-state index contributed by atoms with van der Waals surface area (Å²) in [4.78, 5) is 15.4. The molecule has 4 rings (SSSR count). The minimum Gasteiger partial charge on any atom is -0.390 e. The number of nitrogens with two attached hydrogens (primary N) is 1. The van der Waals surface area contributed by atoms with Gasteiger partial charge in [0.25, 0.3) is 5.56 Å². The van der Waals surface area contributed by atoms with Gasteiger partial charge in [-0.1, -0.05) is 13.8 Å². The van der Waals surface area contributed by atoms with E-state index in [-0.39, 0.29) is 23.3 Å². The van der Waals surface area contributed by atoms with Gasteiger partial charge >= 0.3 is 0 Å². The molecule has 174 valence electrons. The summed E-state index contributed by atoms with van der Waals surface area (Å²) in [7, 11) is 1.94. The number of pyridine rings is 1. The van der Waals surface area contributed by atoms with Crippen LogP contribution < -0.4 is 16.2 Å². The Kier molecular flexibility index (Phi) is 5.56. The predicted molar refractivity (Wildman–Crippen MR) is 128 cm³/mol. The molecule has 3 aromatic heterocycles. The van der Waals surface area contributed by atoms with Crippen LogP contribution in [0.15, 0.2) is 17.1 Å². The molecular formula is C23H35N7O2. The molecule has 32 heavy (non-hydrogen) atoms. The second-order valence-corrected chi connectivity index (χ2v) is 10.0. The molecule has 1 saturated heterocycles. The van der Waals surface area contributed by atoms with Crippen LogP contribution in [0.2, 0.25) is 0 Å². The van der Waals surface area contributed by atoms with Crippen molar-refractivity contribution >= 4 is 22.5 Å². The molecule has 1 fully saturated rings. The largest absolute Gasteiger partial charge is 0.390 e. The van der Waals surface area contributed by atoms with Crippen LogP contribution in [0.4, 0.5) is 11.6 Å². The van der Waals surface area contributed by atoms with Crippen molar-refractivity contribution in [3.05, 3.63) is 22.6 Å². The number of nitrogen functional groups attached to an aromatic ring is 1. The molecule has 3 aromatic rings. The highest BCUT2D eigenvalue weighted by Crippen LogP contribution is 2.34. The van der Waals surface area contributed by atoms with Gasteiger partial charge in [-0.15, -0.1) is 0 Å². The van der Waals surface area contributed by atoms with Crippen molar-refractivity contribution in [1.29, 1.82) is 0 Å². The lowest BCUT2D eigenvalue weighted by Crippen LogP contribution is -2.42. The van der Waals surface area contributed by atoms with E-state index in [1.807, 2.05) is 38.7 Å². The van der Waals surface area contributed by atoms with Gasteiger partial charge in [0.15, 0.2) is 5.82 Å². The monoisotopic (exact) mass is 441 g/mol. The van der Waals surface area contributed by atoms with E-state index in [1.54, 1.807) is 4.57 Å². The van der Waals surface area contributed by atoms with Gasteiger partial charge in [-0.05, 0) is 45.4 Å². The smallest absolute Gasteiger partial charge is 0.264 e. The summed E-state index contributed by atoms with van der Waals surface area (Å²) in [5, 5.41) is 22.6. The molecule has 1 aliphatic rings. The Hall–Kier alpha value is -2.81. The number of fused-ring (bicyclic) bond motifs is 1. The number of piperidine rings is 1. The molecule has 0 amide bonds. The summed E-state index contributed by atoms with van der Waals surface area (Å²) in [6, 6.07) is 2.06. The number of aromatic nitrogens is 5. The van der Waals surface area contributed by atoms with Gasteiger partial charge < -0.3 is 20.3 Å². The van der Waals surface area contributed by atoms with E-state index in [0.717, 1.165) is 43.0 Å². The molecule has 0 spiro atoms. The molecule has 9 heteroatoms. The average molecular weight is 442 g/mol. The molecule has 1 atom stereocenters. The molecule has 0 bridgehead atoms. The number of aliphatic hydroxyl groups is 1. The van der Waals surface area contributed by atoms with Crippen molar-refractivity contribution in [2.75, 3.05) is 23.7 Å². The van der Waals surface area contributed by atoms with Crippen LogP contribution in [0.5, 0.6) is 0 Å². The van der Waals surface area contributed by atoms with Crippen molar-refractivity contribution in [1.82, 2.24) is 24.5 Å². The number of H-pyrrole nitrogens is 1. The molecule has 0 saturated carbocycles. The fraction of sp³-hybridized carbons (Fsp3) is 0.609. The minimum absolute atomic E-state index is 0.00370. The van der Waals surface area contributed by atoms with Crippen LogP contribution in [0.3, 0.4) is 0 Å². The first kappa shape index (κ1) is 22.4. The highest BCUT2D eigenvalue weighted by Gasteiger charge is 2.31. The first-order valence-corrected chi connectivity index (χ1v) is 11.4. The van der Waals surface area contributed by atoms with Gasteiger partial charge in [0.05, 0.1) is 16.8 Å². The van der Waals surface area contributed by atoms with E-state index in [1.165, 1.54) is 0 Å². The van der Waals surface area contributed by atoms with Crippen LogP contribution >= 0.6 is 0 Å². The quantitative estimate of drug-likeness (QED) is 0.560. The number of hydrogen-bond donors (Lipinski definition) is 3. The lowest BCUT2D eigenvalue weighted by atomic mass is 9.83. The third-order valence-electron chi connectivity index (χ3n) is 7.13. The summed E-state index contributed by atoms with van der Waals surface area (Å²) in [5.74, 6) is 1.80. The highest BCUT2D eigenvalue weighted by atomic mass is 16.3. The SMILES string of the molecule is CC(C)[C@H](C)n1cc(-c2cc(N3CCC(C(C)(C)O)CC3)n(C)n2)c2[nH]nc(N)c2c1=O. The Labute approximate surface area is 188 Å². The normalized spacial score (nSPS) is 16.9. The van der Waals surface area contributed by atoms with E-state index in [4.69, 9.17) is 10.8 Å². The fourth-order valence-electron chi connectivity index (χ4n) is 4.68. The first-order chi connectivity index (χ1) is 15.0. The molecule has 9 nitrogen and oxygen atoms in total. The summed E-state index contributed by atoms with van der Waals surface area (Å²) in [5.41, 5.74) is 7.46. The second-order valence-electron chi connectivity index (χ2n) is 10.0. The third-order valence-corrected chi connectivity index (χ3v) is 7.13. The number of aryl methyl sites for hydroxylation is 1. The number of aromatic amines is 1. The van der Waals surface area contributed by atoms with E-state index in [2.05, 4.69) is 35.0 Å². The number of anilines is 2. The summed E-state index contributed by atoms with van der Waals surface area (Å²) >= 11 is 0. The zero-order valence-electron chi connectivity index (χ0n) is 19.9. The van der Waals surface area contributed by atoms with E-state index in [9.17, 15) is 9.90 Å². The Morgan fingerprint density at radius 2 is 1.91 bits per heavy atom. The third kappa shape index (κ3) is 3.79. The van der Waals surface area contributed by atoms with Crippen molar-refractivity contribution in [2.45, 2.75) is 59.1 Å². The fourth-order valence-corrected chi connectivity index (χ4v) is 4.68. The maximum atomic E-state index is 13.1. The zero-order valence-corrected chi connectivity index (χ0v) is 19.9. The number of nitrogens with zero attached hydrogens (tertiary/aromatic N) is 5. The molecule has 0 aromatic carbocycles. The van der Waals surface area contributed by atoms with Gasteiger partial charge in [-0.2, -0.15) is 10.2 Å². The maximum absolute atomic E-state index is 13.1. The van der Waals surface area contributed by atoms with Gasteiger partial charge in [0.2, 0.25) is 0 Å². The van der Waals surface area contributed by atoms with Crippen molar-refractivity contribution in [3.8, 4) is 11.3 Å². The summed E-state index contributed by atoms with van der Waals surface area (Å²) in [6.45, 7) is 11.7. The van der Waals surface area contributed by atoms with E-state index < -0.39 is 5.60 Å². The zero-order chi connectivity index (χ0) is 23.4. The van der Waals surface area contributed by atoms with Crippen LogP contribution in [0.1, 0.15) is 53.5 Å². The Balaban J connectivity index is 1.75. The van der Waals surface area contributed by atoms with E-state index in [0.29, 0.717) is 16.8 Å².